The molecular formula is C18H23BrO5. The Bertz CT molecular complexity index is 567. The summed E-state index contributed by atoms with van der Waals surface area (Å²) in [5.41, 5.74) is 0. The molecule has 1 aliphatic carbocycles. The van der Waals surface area contributed by atoms with E-state index in [0.717, 1.165) is 17.3 Å². The van der Waals surface area contributed by atoms with E-state index in [1.807, 2.05) is 0 Å². The van der Waals surface area contributed by atoms with Crippen LogP contribution in [0.2, 0.25) is 0 Å². The second kappa shape index (κ2) is 9.67. The second-order valence-electron chi connectivity index (χ2n) is 5.96. The summed E-state index contributed by atoms with van der Waals surface area (Å²) in [6, 6.07) is 5.10. The van der Waals surface area contributed by atoms with E-state index in [-0.39, 0.29) is 18.8 Å². The highest BCUT2D eigenvalue weighted by molar-refractivity contribution is 9.10. The highest BCUT2D eigenvalue weighted by Crippen LogP contribution is 2.30. The van der Waals surface area contributed by atoms with Gasteiger partial charge in [-0.2, -0.15) is 0 Å². The molecular weight excluding hydrogens is 376 g/mol. The van der Waals surface area contributed by atoms with Gasteiger partial charge in [-0.1, -0.05) is 35.2 Å². The van der Waals surface area contributed by atoms with E-state index >= 15 is 0 Å². The number of hydrogen-bond donors (Lipinski definition) is 0. The minimum atomic E-state index is -0.481. The fourth-order valence-electron chi connectivity index (χ4n) is 2.74. The molecule has 0 unspecified atom stereocenters. The van der Waals surface area contributed by atoms with Gasteiger partial charge in [0.15, 0.2) is 11.5 Å². The molecule has 0 N–H and O–H groups in total. The third-order valence-corrected chi connectivity index (χ3v) is 4.58. The van der Waals surface area contributed by atoms with Crippen LogP contribution in [0.3, 0.4) is 0 Å². The Morgan fingerprint density at radius 3 is 2.50 bits per heavy atom. The van der Waals surface area contributed by atoms with Crippen molar-refractivity contribution < 1.29 is 23.8 Å². The molecule has 1 saturated carbocycles. The van der Waals surface area contributed by atoms with Crippen LogP contribution < -0.4 is 9.47 Å². The molecule has 1 aliphatic rings. The van der Waals surface area contributed by atoms with Crippen molar-refractivity contribution in [2.75, 3.05) is 13.7 Å². The van der Waals surface area contributed by atoms with Gasteiger partial charge in [-0.25, -0.2) is 0 Å². The third-order valence-electron chi connectivity index (χ3n) is 4.09. The molecule has 0 aliphatic heterocycles. The molecule has 0 radical (unpaired) electrons. The van der Waals surface area contributed by atoms with Crippen molar-refractivity contribution >= 4 is 27.9 Å². The Balaban J connectivity index is 1.71. The Morgan fingerprint density at radius 2 is 1.79 bits per heavy atom. The highest BCUT2D eigenvalue weighted by Gasteiger charge is 2.17. The lowest BCUT2D eigenvalue weighted by molar-refractivity contribution is -0.148. The maximum Gasteiger partial charge on any atom is 0.311 e. The number of methoxy groups -OCH3 is 1. The van der Waals surface area contributed by atoms with Gasteiger partial charge in [-0.3, -0.25) is 9.59 Å². The van der Waals surface area contributed by atoms with E-state index in [2.05, 4.69) is 15.9 Å². The lowest BCUT2D eigenvalue weighted by Gasteiger charge is -2.20. The van der Waals surface area contributed by atoms with Crippen LogP contribution in [0.5, 0.6) is 11.5 Å². The lowest BCUT2D eigenvalue weighted by Crippen LogP contribution is -2.18. The minimum absolute atomic E-state index is 0.0112. The van der Waals surface area contributed by atoms with E-state index in [4.69, 9.17) is 14.2 Å². The Hall–Kier alpha value is -1.56. The van der Waals surface area contributed by atoms with Crippen molar-refractivity contribution in [3.63, 3.8) is 0 Å². The molecule has 6 heteroatoms. The zero-order valence-electron chi connectivity index (χ0n) is 13.9. The summed E-state index contributed by atoms with van der Waals surface area (Å²) in [4.78, 5) is 23.6. The van der Waals surface area contributed by atoms with Crippen LogP contribution in [0.15, 0.2) is 22.7 Å². The predicted octanol–water partition coefficient (Wildman–Crippen LogP) is 4.27. The molecule has 24 heavy (non-hydrogen) atoms. The Labute approximate surface area is 150 Å². The van der Waals surface area contributed by atoms with Crippen LogP contribution in [0.1, 0.15) is 44.9 Å². The summed E-state index contributed by atoms with van der Waals surface area (Å²) >= 11 is 3.32. The van der Waals surface area contributed by atoms with Crippen molar-refractivity contribution in [3.8, 4) is 11.5 Å². The van der Waals surface area contributed by atoms with Gasteiger partial charge in [-0.15, -0.1) is 0 Å². The number of halogens is 1. The molecule has 1 fully saturated rings. The first-order valence-corrected chi connectivity index (χ1v) is 9.07. The van der Waals surface area contributed by atoms with Crippen molar-refractivity contribution in [1.29, 1.82) is 0 Å². The third kappa shape index (κ3) is 6.15. The molecule has 1 aromatic carbocycles. The van der Waals surface area contributed by atoms with Gasteiger partial charge in [0, 0.05) is 4.47 Å². The number of carbonyl (C=O) groups is 2. The standard InChI is InChI=1S/C18H23BrO5/c1-22-16-11-14(19)7-8-15(16)24-18(21)10-9-17(20)23-12-13-5-3-2-4-6-13/h7-8,11,13H,2-6,9-10,12H2,1H3. The van der Waals surface area contributed by atoms with Crippen LogP contribution in [0.4, 0.5) is 0 Å². The van der Waals surface area contributed by atoms with Gasteiger partial charge >= 0.3 is 11.9 Å². The quantitative estimate of drug-likeness (QED) is 0.506. The molecule has 2 rings (SSSR count). The fourth-order valence-corrected chi connectivity index (χ4v) is 3.08. The van der Waals surface area contributed by atoms with E-state index in [1.165, 1.54) is 26.4 Å². The average Bonchev–Trinajstić information content (AvgIpc) is 2.60. The summed E-state index contributed by atoms with van der Waals surface area (Å²) in [5.74, 6) is 0.436. The van der Waals surface area contributed by atoms with E-state index in [9.17, 15) is 9.59 Å². The molecule has 0 bridgehead atoms. The number of rotatable bonds is 7. The zero-order valence-corrected chi connectivity index (χ0v) is 15.5. The van der Waals surface area contributed by atoms with E-state index < -0.39 is 5.97 Å². The van der Waals surface area contributed by atoms with E-state index in [0.29, 0.717) is 24.0 Å². The smallest absolute Gasteiger partial charge is 0.311 e. The predicted molar refractivity (Wildman–Crippen MR) is 93.1 cm³/mol. The van der Waals surface area contributed by atoms with Gasteiger partial charge in [-0.05, 0) is 37.0 Å². The maximum absolute atomic E-state index is 11.9. The van der Waals surface area contributed by atoms with Crippen molar-refractivity contribution in [3.05, 3.63) is 22.7 Å². The molecule has 0 heterocycles. The maximum atomic E-state index is 11.9. The normalized spacial score (nSPS) is 14.9. The molecule has 0 amide bonds. The van der Waals surface area contributed by atoms with Crippen molar-refractivity contribution in [2.45, 2.75) is 44.9 Å². The SMILES string of the molecule is COc1cc(Br)ccc1OC(=O)CCC(=O)OCC1CCCCC1. The number of carbonyl (C=O) groups excluding carboxylic acids is 2. The first-order chi connectivity index (χ1) is 11.6. The summed E-state index contributed by atoms with van der Waals surface area (Å²) < 4.78 is 16.5. The van der Waals surface area contributed by atoms with Crippen LogP contribution in [0.25, 0.3) is 0 Å². The van der Waals surface area contributed by atoms with Crippen LogP contribution >= 0.6 is 15.9 Å². The Kier molecular flexibility index (Phi) is 7.56. The first-order valence-electron chi connectivity index (χ1n) is 8.28. The van der Waals surface area contributed by atoms with E-state index in [1.54, 1.807) is 18.2 Å². The topological polar surface area (TPSA) is 61.8 Å². The lowest BCUT2D eigenvalue weighted by atomic mass is 9.90. The molecule has 0 atom stereocenters. The van der Waals surface area contributed by atoms with Gasteiger partial charge in [0.05, 0.1) is 26.6 Å². The molecule has 1 aromatic rings. The molecule has 5 nitrogen and oxygen atoms in total. The monoisotopic (exact) mass is 398 g/mol. The average molecular weight is 399 g/mol. The molecule has 132 valence electrons. The first kappa shape index (κ1) is 18.8. The van der Waals surface area contributed by atoms with Crippen LogP contribution in [-0.4, -0.2) is 25.7 Å². The summed E-state index contributed by atoms with van der Waals surface area (Å²) in [6.45, 7) is 0.467. The van der Waals surface area contributed by atoms with Gasteiger partial charge < -0.3 is 14.2 Å². The van der Waals surface area contributed by atoms with Crippen molar-refractivity contribution in [2.24, 2.45) is 5.92 Å². The molecule has 0 aromatic heterocycles. The largest absolute Gasteiger partial charge is 0.493 e. The second-order valence-corrected chi connectivity index (χ2v) is 6.87. The number of benzene rings is 1. The summed E-state index contributed by atoms with van der Waals surface area (Å²) in [6.07, 6.45) is 5.97. The summed E-state index contributed by atoms with van der Waals surface area (Å²) in [5, 5.41) is 0. The minimum Gasteiger partial charge on any atom is -0.493 e. The number of ether oxygens (including phenoxy) is 3. The molecule has 0 saturated heterocycles. The zero-order chi connectivity index (χ0) is 17.4. The van der Waals surface area contributed by atoms with Crippen LogP contribution in [-0.2, 0) is 14.3 Å². The van der Waals surface area contributed by atoms with Crippen molar-refractivity contribution in [1.82, 2.24) is 0 Å². The molecule has 0 spiro atoms. The fraction of sp³-hybridized carbons (Fsp3) is 0.556. The summed E-state index contributed by atoms with van der Waals surface area (Å²) in [7, 11) is 1.50. The van der Waals surface area contributed by atoms with Crippen LogP contribution in [0, 0.1) is 5.92 Å². The highest BCUT2D eigenvalue weighted by atomic mass is 79.9. The van der Waals surface area contributed by atoms with Gasteiger partial charge in [0.25, 0.3) is 0 Å². The van der Waals surface area contributed by atoms with Gasteiger partial charge in [0.2, 0.25) is 0 Å². The number of esters is 2. The Morgan fingerprint density at radius 1 is 1.08 bits per heavy atom. The number of hydrogen-bond acceptors (Lipinski definition) is 5. The van der Waals surface area contributed by atoms with Gasteiger partial charge in [0.1, 0.15) is 0 Å².